The number of allylic oxidation sites excluding steroid dienone is 1. The lowest BCUT2D eigenvalue weighted by molar-refractivity contribution is -0.137. The third-order valence-electron chi connectivity index (χ3n) is 2.50. The van der Waals surface area contributed by atoms with Gasteiger partial charge in [-0.05, 0) is 13.3 Å². The maximum absolute atomic E-state index is 11.8. The van der Waals surface area contributed by atoms with Gasteiger partial charge in [-0.25, -0.2) is 21.6 Å². The topological polar surface area (TPSA) is 94.6 Å². The van der Waals surface area contributed by atoms with E-state index in [9.17, 15) is 21.6 Å². The highest BCUT2D eigenvalue weighted by Crippen LogP contribution is 2.29. The van der Waals surface area contributed by atoms with Crippen LogP contribution in [0.4, 0.5) is 0 Å². The molecule has 0 unspecified atom stereocenters. The predicted octanol–water partition coefficient (Wildman–Crippen LogP) is 0.404. The minimum absolute atomic E-state index is 0.00267. The van der Waals surface area contributed by atoms with E-state index in [4.69, 9.17) is 0 Å². The van der Waals surface area contributed by atoms with Crippen molar-refractivity contribution < 1.29 is 26.4 Å². The number of sulfone groups is 2. The molecule has 0 aromatic heterocycles. The van der Waals surface area contributed by atoms with Crippen LogP contribution >= 0.6 is 0 Å². The average Bonchev–Trinajstić information content (AvgIpc) is 2.25. The van der Waals surface area contributed by atoms with Crippen LogP contribution < -0.4 is 0 Å². The Kier molecular flexibility index (Phi) is 4.55. The van der Waals surface area contributed by atoms with Gasteiger partial charge in [-0.15, -0.1) is 0 Å². The summed E-state index contributed by atoms with van der Waals surface area (Å²) in [4.78, 5) is 10.7. The van der Waals surface area contributed by atoms with Gasteiger partial charge in [-0.2, -0.15) is 0 Å². The molecule has 0 aliphatic carbocycles. The summed E-state index contributed by atoms with van der Waals surface area (Å²) in [5.74, 6) is -2.09. The first-order valence-corrected chi connectivity index (χ1v) is 8.92. The van der Waals surface area contributed by atoms with Crippen molar-refractivity contribution in [3.8, 4) is 0 Å². The Balaban J connectivity index is 3.50. The lowest BCUT2D eigenvalue weighted by Gasteiger charge is -2.19. The summed E-state index contributed by atoms with van der Waals surface area (Å²) in [6, 6.07) is 0. The molecule has 1 rings (SSSR count). The predicted molar refractivity (Wildman–Crippen MR) is 66.1 cm³/mol. The van der Waals surface area contributed by atoms with E-state index in [-0.39, 0.29) is 17.9 Å². The Morgan fingerprint density at radius 3 is 2.17 bits per heavy atom. The first-order chi connectivity index (χ1) is 8.26. The van der Waals surface area contributed by atoms with Crippen molar-refractivity contribution in [1.82, 2.24) is 0 Å². The van der Waals surface area contributed by atoms with E-state index in [1.165, 1.54) is 6.92 Å². The van der Waals surface area contributed by atoms with Crippen LogP contribution in [0.5, 0.6) is 0 Å². The second-order valence-electron chi connectivity index (χ2n) is 3.86. The first kappa shape index (κ1) is 15.2. The first-order valence-electron chi connectivity index (χ1n) is 5.62. The van der Waals surface area contributed by atoms with Crippen molar-refractivity contribution >= 4 is 25.6 Å². The lowest BCUT2D eigenvalue weighted by atomic mass is 10.3. The Morgan fingerprint density at radius 1 is 1.11 bits per heavy atom. The average molecular weight is 296 g/mol. The lowest BCUT2D eigenvalue weighted by Crippen LogP contribution is -2.32. The molecular formula is C10H16O6S2. The monoisotopic (exact) mass is 296 g/mol. The summed E-state index contributed by atoms with van der Waals surface area (Å²) >= 11 is 0. The van der Waals surface area contributed by atoms with E-state index in [2.05, 4.69) is 4.74 Å². The van der Waals surface area contributed by atoms with Gasteiger partial charge in [0.25, 0.3) is 0 Å². The number of rotatable bonds is 4. The van der Waals surface area contributed by atoms with Crippen molar-refractivity contribution in [1.29, 1.82) is 0 Å². The SMILES string of the molecule is CCCC1=C(C(=O)OCC)S(=O)(=O)CCS1(=O)=O. The van der Waals surface area contributed by atoms with Gasteiger partial charge in [0.1, 0.15) is 0 Å². The number of carbonyl (C=O) groups is 1. The highest BCUT2D eigenvalue weighted by Gasteiger charge is 2.40. The van der Waals surface area contributed by atoms with E-state index in [1.807, 2.05) is 0 Å². The van der Waals surface area contributed by atoms with Crippen LogP contribution in [0, 0.1) is 0 Å². The van der Waals surface area contributed by atoms with Crippen LogP contribution in [-0.4, -0.2) is 40.9 Å². The molecule has 6 nitrogen and oxygen atoms in total. The second-order valence-corrected chi connectivity index (χ2v) is 8.04. The third kappa shape index (κ3) is 2.92. The van der Waals surface area contributed by atoms with Gasteiger partial charge in [0.2, 0.25) is 0 Å². The van der Waals surface area contributed by atoms with Crippen molar-refractivity contribution in [2.45, 2.75) is 26.7 Å². The van der Waals surface area contributed by atoms with Gasteiger partial charge in [0.15, 0.2) is 24.6 Å². The third-order valence-corrected chi connectivity index (χ3v) is 6.56. The van der Waals surface area contributed by atoms with Crippen LogP contribution in [0.25, 0.3) is 0 Å². The fourth-order valence-electron chi connectivity index (χ4n) is 1.69. The molecule has 0 atom stereocenters. The van der Waals surface area contributed by atoms with Crippen molar-refractivity contribution in [3.05, 3.63) is 9.81 Å². The van der Waals surface area contributed by atoms with Crippen LogP contribution in [-0.2, 0) is 29.2 Å². The Labute approximate surface area is 107 Å². The molecule has 0 aromatic carbocycles. The maximum atomic E-state index is 11.8. The highest BCUT2D eigenvalue weighted by molar-refractivity contribution is 8.02. The van der Waals surface area contributed by atoms with Gasteiger partial charge in [0.05, 0.1) is 23.0 Å². The quantitative estimate of drug-likeness (QED) is 0.697. The summed E-state index contributed by atoms with van der Waals surface area (Å²) in [7, 11) is -7.53. The summed E-state index contributed by atoms with van der Waals surface area (Å²) in [5.41, 5.74) is 0. The summed E-state index contributed by atoms with van der Waals surface area (Å²) in [6.45, 7) is 3.24. The van der Waals surface area contributed by atoms with Gasteiger partial charge in [-0.1, -0.05) is 13.3 Å². The van der Waals surface area contributed by atoms with E-state index in [0.717, 1.165) is 0 Å². The fourth-order valence-corrected chi connectivity index (χ4v) is 6.30. The maximum Gasteiger partial charge on any atom is 0.350 e. The van der Waals surface area contributed by atoms with Gasteiger partial charge >= 0.3 is 5.97 Å². The molecule has 0 radical (unpaired) electrons. The standard InChI is InChI=1S/C10H16O6S2/c1-3-5-8-9(10(11)16-4-2)18(14,15)7-6-17(8,12)13/h3-7H2,1-2H3. The summed E-state index contributed by atoms with van der Waals surface area (Å²) in [5, 5.41) is 0. The van der Waals surface area contributed by atoms with Gasteiger partial charge < -0.3 is 4.74 Å². The molecule has 18 heavy (non-hydrogen) atoms. The fraction of sp³-hybridized carbons (Fsp3) is 0.700. The summed E-state index contributed by atoms with van der Waals surface area (Å²) in [6.07, 6.45) is 0.475. The molecule has 1 aliphatic heterocycles. The van der Waals surface area contributed by atoms with Gasteiger partial charge in [-0.3, -0.25) is 0 Å². The highest BCUT2D eigenvalue weighted by atomic mass is 32.2. The molecule has 0 fully saturated rings. The van der Waals surface area contributed by atoms with E-state index in [0.29, 0.717) is 6.42 Å². The van der Waals surface area contributed by atoms with Crippen molar-refractivity contribution in [3.63, 3.8) is 0 Å². The molecule has 0 amide bonds. The van der Waals surface area contributed by atoms with E-state index >= 15 is 0 Å². The minimum atomic E-state index is -3.86. The number of esters is 1. The molecule has 0 bridgehead atoms. The molecule has 1 aliphatic rings. The van der Waals surface area contributed by atoms with Crippen LogP contribution in [0.1, 0.15) is 26.7 Å². The normalized spacial score (nSPS) is 21.7. The largest absolute Gasteiger partial charge is 0.462 e. The second kappa shape index (κ2) is 5.40. The molecule has 0 saturated heterocycles. The molecule has 8 heteroatoms. The Bertz CT molecular complexity index is 567. The molecule has 0 saturated carbocycles. The molecule has 0 spiro atoms. The molecule has 1 heterocycles. The number of hydrogen-bond donors (Lipinski definition) is 0. The number of carbonyl (C=O) groups excluding carboxylic acids is 1. The smallest absolute Gasteiger partial charge is 0.350 e. The van der Waals surface area contributed by atoms with E-state index < -0.39 is 42.1 Å². The van der Waals surface area contributed by atoms with E-state index in [1.54, 1.807) is 6.92 Å². The zero-order chi connectivity index (χ0) is 14.0. The van der Waals surface area contributed by atoms with Crippen LogP contribution in [0.2, 0.25) is 0 Å². The van der Waals surface area contributed by atoms with Gasteiger partial charge in [0, 0.05) is 0 Å². The molecular weight excluding hydrogens is 280 g/mol. The van der Waals surface area contributed by atoms with Crippen molar-refractivity contribution in [2.24, 2.45) is 0 Å². The van der Waals surface area contributed by atoms with Crippen LogP contribution in [0.3, 0.4) is 0 Å². The zero-order valence-electron chi connectivity index (χ0n) is 10.3. The molecule has 104 valence electrons. The Hall–Kier alpha value is -0.890. The summed E-state index contributed by atoms with van der Waals surface area (Å²) < 4.78 is 52.0. The molecule has 0 N–H and O–H groups in total. The van der Waals surface area contributed by atoms with Crippen LogP contribution in [0.15, 0.2) is 9.81 Å². The number of hydrogen-bond acceptors (Lipinski definition) is 6. The minimum Gasteiger partial charge on any atom is -0.462 e. The van der Waals surface area contributed by atoms with Crippen molar-refractivity contribution in [2.75, 3.05) is 18.1 Å². The molecule has 0 aromatic rings. The number of ether oxygens (including phenoxy) is 1. The Morgan fingerprint density at radius 2 is 1.67 bits per heavy atom. The zero-order valence-corrected chi connectivity index (χ0v) is 11.9.